The van der Waals surface area contributed by atoms with Gasteiger partial charge in [-0.15, -0.1) is 0 Å². The predicted molar refractivity (Wildman–Crippen MR) is 98.6 cm³/mol. The Labute approximate surface area is 154 Å². The van der Waals surface area contributed by atoms with E-state index in [1.54, 1.807) is 13.1 Å². The SMILES string of the molecule is Cc1cc(F)ccc1S(=O)(=O)NCC1CCN(Cc2ccccn2)CC1. The summed E-state index contributed by atoms with van der Waals surface area (Å²) >= 11 is 0. The summed E-state index contributed by atoms with van der Waals surface area (Å²) in [5, 5.41) is 0. The second-order valence-corrected chi connectivity index (χ2v) is 8.54. The first kappa shape index (κ1) is 18.9. The molecule has 0 atom stereocenters. The van der Waals surface area contributed by atoms with Crippen LogP contribution >= 0.6 is 0 Å². The van der Waals surface area contributed by atoms with Crippen molar-refractivity contribution in [1.29, 1.82) is 0 Å². The standard InChI is InChI=1S/C19H24FN3O2S/c1-15-12-17(20)5-6-19(15)26(24,25)22-13-16-7-10-23(11-8-16)14-18-4-2-3-9-21-18/h2-6,9,12,16,22H,7-8,10-11,13-14H2,1H3. The number of piperidine rings is 1. The van der Waals surface area contributed by atoms with Gasteiger partial charge >= 0.3 is 0 Å². The second kappa shape index (κ2) is 8.24. The monoisotopic (exact) mass is 377 g/mol. The smallest absolute Gasteiger partial charge is 0.240 e. The summed E-state index contributed by atoms with van der Waals surface area (Å²) in [5.41, 5.74) is 1.47. The van der Waals surface area contributed by atoms with Crippen LogP contribution in [0.15, 0.2) is 47.5 Å². The molecule has 0 amide bonds. The van der Waals surface area contributed by atoms with Crippen LogP contribution in [0.3, 0.4) is 0 Å². The number of likely N-dealkylation sites (tertiary alicyclic amines) is 1. The van der Waals surface area contributed by atoms with Crippen LogP contribution in [0, 0.1) is 18.7 Å². The number of halogens is 1. The Morgan fingerprint density at radius 3 is 2.65 bits per heavy atom. The molecule has 1 aromatic heterocycles. The van der Waals surface area contributed by atoms with Gasteiger partial charge in [-0.3, -0.25) is 9.88 Å². The van der Waals surface area contributed by atoms with Gasteiger partial charge in [-0.05, 0) is 74.7 Å². The van der Waals surface area contributed by atoms with Gasteiger partial charge in [-0.1, -0.05) is 6.07 Å². The van der Waals surface area contributed by atoms with Crippen LogP contribution < -0.4 is 4.72 Å². The molecule has 1 fully saturated rings. The van der Waals surface area contributed by atoms with Crippen LogP contribution in [0.4, 0.5) is 4.39 Å². The zero-order valence-corrected chi connectivity index (χ0v) is 15.7. The summed E-state index contributed by atoms with van der Waals surface area (Å²) in [4.78, 5) is 6.84. The van der Waals surface area contributed by atoms with E-state index in [-0.39, 0.29) is 4.90 Å². The number of nitrogens with one attached hydrogen (secondary N) is 1. The van der Waals surface area contributed by atoms with Crippen LogP contribution in [0.5, 0.6) is 0 Å². The Hall–Kier alpha value is -1.83. The van der Waals surface area contributed by atoms with Crippen LogP contribution in [0.1, 0.15) is 24.1 Å². The summed E-state index contributed by atoms with van der Waals surface area (Å²) in [6, 6.07) is 9.65. The minimum Gasteiger partial charge on any atom is -0.297 e. The van der Waals surface area contributed by atoms with E-state index in [1.165, 1.54) is 18.2 Å². The van der Waals surface area contributed by atoms with E-state index in [0.29, 0.717) is 18.0 Å². The van der Waals surface area contributed by atoms with E-state index in [1.807, 2.05) is 18.2 Å². The average Bonchev–Trinajstić information content (AvgIpc) is 2.62. The van der Waals surface area contributed by atoms with E-state index in [4.69, 9.17) is 0 Å². The van der Waals surface area contributed by atoms with Gasteiger partial charge in [0.15, 0.2) is 0 Å². The molecular formula is C19H24FN3O2S. The van der Waals surface area contributed by atoms with Crippen molar-refractivity contribution >= 4 is 10.0 Å². The molecule has 1 aliphatic rings. The number of hydrogen-bond donors (Lipinski definition) is 1. The zero-order valence-electron chi connectivity index (χ0n) is 14.9. The number of aromatic nitrogens is 1. The Morgan fingerprint density at radius 2 is 2.00 bits per heavy atom. The van der Waals surface area contributed by atoms with Gasteiger partial charge in [0.2, 0.25) is 10.0 Å². The summed E-state index contributed by atoms with van der Waals surface area (Å²) in [6.45, 7) is 4.70. The van der Waals surface area contributed by atoms with Crippen molar-refractivity contribution in [2.75, 3.05) is 19.6 Å². The first-order valence-corrected chi connectivity index (χ1v) is 10.3. The van der Waals surface area contributed by atoms with E-state index < -0.39 is 15.8 Å². The molecule has 7 heteroatoms. The molecule has 5 nitrogen and oxygen atoms in total. The van der Waals surface area contributed by atoms with Crippen molar-refractivity contribution in [3.63, 3.8) is 0 Å². The topological polar surface area (TPSA) is 62.3 Å². The number of hydrogen-bond acceptors (Lipinski definition) is 4. The maximum absolute atomic E-state index is 13.2. The first-order chi connectivity index (χ1) is 12.4. The van der Waals surface area contributed by atoms with Crippen molar-refractivity contribution in [3.05, 3.63) is 59.7 Å². The maximum atomic E-state index is 13.2. The first-order valence-electron chi connectivity index (χ1n) is 8.82. The molecule has 0 saturated carbocycles. The molecular weight excluding hydrogens is 353 g/mol. The third-order valence-corrected chi connectivity index (χ3v) is 6.39. The third-order valence-electron chi connectivity index (χ3n) is 4.81. The molecule has 0 unspecified atom stereocenters. The number of nitrogens with zero attached hydrogens (tertiary/aromatic N) is 2. The van der Waals surface area contributed by atoms with E-state index in [0.717, 1.165) is 38.2 Å². The highest BCUT2D eigenvalue weighted by Crippen LogP contribution is 2.20. The van der Waals surface area contributed by atoms with Gasteiger partial charge in [-0.25, -0.2) is 17.5 Å². The molecule has 0 radical (unpaired) electrons. The lowest BCUT2D eigenvalue weighted by Gasteiger charge is -2.31. The molecule has 0 aliphatic carbocycles. The summed E-state index contributed by atoms with van der Waals surface area (Å²) in [7, 11) is -3.61. The van der Waals surface area contributed by atoms with Gasteiger partial charge in [-0.2, -0.15) is 0 Å². The Kier molecular flexibility index (Phi) is 6.01. The molecule has 140 valence electrons. The van der Waals surface area contributed by atoms with Gasteiger partial charge in [0.1, 0.15) is 5.82 Å². The van der Waals surface area contributed by atoms with Gasteiger partial charge < -0.3 is 0 Å². The molecule has 1 saturated heterocycles. The normalized spacial score (nSPS) is 16.7. The van der Waals surface area contributed by atoms with Crippen molar-refractivity contribution in [3.8, 4) is 0 Å². The number of rotatable bonds is 6. The highest BCUT2D eigenvalue weighted by atomic mass is 32.2. The fraction of sp³-hybridized carbons (Fsp3) is 0.421. The van der Waals surface area contributed by atoms with Crippen molar-refractivity contribution in [1.82, 2.24) is 14.6 Å². The molecule has 26 heavy (non-hydrogen) atoms. The lowest BCUT2D eigenvalue weighted by atomic mass is 9.97. The molecule has 2 aromatic rings. The number of sulfonamides is 1. The van der Waals surface area contributed by atoms with Crippen molar-refractivity contribution < 1.29 is 12.8 Å². The lowest BCUT2D eigenvalue weighted by molar-refractivity contribution is 0.177. The molecule has 0 spiro atoms. The van der Waals surface area contributed by atoms with Crippen LogP contribution in [0.25, 0.3) is 0 Å². The fourth-order valence-corrected chi connectivity index (χ4v) is 4.63. The maximum Gasteiger partial charge on any atom is 0.240 e. The van der Waals surface area contributed by atoms with Gasteiger partial charge in [0, 0.05) is 19.3 Å². The highest BCUT2D eigenvalue weighted by molar-refractivity contribution is 7.89. The predicted octanol–water partition coefficient (Wildman–Crippen LogP) is 2.72. The Bertz CT molecular complexity index is 835. The van der Waals surface area contributed by atoms with E-state index in [9.17, 15) is 12.8 Å². The zero-order chi connectivity index (χ0) is 18.6. The molecule has 1 aromatic carbocycles. The molecule has 2 heterocycles. The van der Waals surface area contributed by atoms with Crippen molar-refractivity contribution in [2.24, 2.45) is 5.92 Å². The van der Waals surface area contributed by atoms with Crippen molar-refractivity contribution in [2.45, 2.75) is 31.2 Å². The Morgan fingerprint density at radius 1 is 1.23 bits per heavy atom. The molecule has 1 N–H and O–H groups in total. The van der Waals surface area contributed by atoms with Gasteiger partial charge in [0.25, 0.3) is 0 Å². The minimum absolute atomic E-state index is 0.145. The summed E-state index contributed by atoms with van der Waals surface area (Å²) in [5.74, 6) is -0.118. The minimum atomic E-state index is -3.61. The highest BCUT2D eigenvalue weighted by Gasteiger charge is 2.23. The van der Waals surface area contributed by atoms with E-state index >= 15 is 0 Å². The van der Waals surface area contributed by atoms with Gasteiger partial charge in [0.05, 0.1) is 10.6 Å². The van der Waals surface area contributed by atoms with Crippen LogP contribution in [0.2, 0.25) is 0 Å². The molecule has 3 rings (SSSR count). The quantitative estimate of drug-likeness (QED) is 0.841. The van der Waals surface area contributed by atoms with E-state index in [2.05, 4.69) is 14.6 Å². The summed E-state index contributed by atoms with van der Waals surface area (Å²) in [6.07, 6.45) is 3.68. The molecule has 1 aliphatic heterocycles. The number of aryl methyl sites for hydroxylation is 1. The average molecular weight is 377 g/mol. The second-order valence-electron chi connectivity index (χ2n) is 6.80. The Balaban J connectivity index is 1.50. The number of benzene rings is 1. The largest absolute Gasteiger partial charge is 0.297 e. The molecule has 0 bridgehead atoms. The van der Waals surface area contributed by atoms with Crippen LogP contribution in [-0.2, 0) is 16.6 Å². The summed E-state index contributed by atoms with van der Waals surface area (Å²) < 4.78 is 40.8. The van der Waals surface area contributed by atoms with Crippen LogP contribution in [-0.4, -0.2) is 37.9 Å². The lowest BCUT2D eigenvalue weighted by Crippen LogP contribution is -2.38. The third kappa shape index (κ3) is 4.87. The number of pyridine rings is 1. The fourth-order valence-electron chi connectivity index (χ4n) is 3.29.